The molecule has 6 nitrogen and oxygen atoms in total. The Morgan fingerprint density at radius 3 is 2.70 bits per heavy atom. The van der Waals surface area contributed by atoms with Crippen LogP contribution in [0.25, 0.3) is 20.4 Å². The molecule has 4 rings (SSSR count). The third kappa shape index (κ3) is 3.43. The molecule has 154 valence electrons. The van der Waals surface area contributed by atoms with E-state index in [2.05, 4.69) is 15.3 Å². The fourth-order valence-electron chi connectivity index (χ4n) is 3.27. The number of aromatic nitrogens is 3. The molecule has 0 aliphatic carbocycles. The van der Waals surface area contributed by atoms with E-state index in [4.69, 9.17) is 0 Å². The summed E-state index contributed by atoms with van der Waals surface area (Å²) in [5.41, 5.74) is -1.26. The van der Waals surface area contributed by atoms with Crippen molar-refractivity contribution in [1.82, 2.24) is 14.5 Å². The molecule has 0 aliphatic rings. The number of hydrogen-bond acceptors (Lipinski definition) is 5. The van der Waals surface area contributed by atoms with Crippen LogP contribution in [0.1, 0.15) is 24.9 Å². The number of carbonyl (C=O) groups excluding carboxylic acids is 1. The zero-order valence-corrected chi connectivity index (χ0v) is 16.4. The molecule has 0 unspecified atom stereocenters. The van der Waals surface area contributed by atoms with Crippen molar-refractivity contribution >= 4 is 43.4 Å². The highest BCUT2D eigenvalue weighted by Crippen LogP contribution is 2.35. The van der Waals surface area contributed by atoms with E-state index in [1.165, 1.54) is 24.5 Å². The molecule has 10 heteroatoms. The average molecular weight is 432 g/mol. The number of rotatable bonds is 4. The Morgan fingerprint density at radius 2 is 1.97 bits per heavy atom. The number of benzene rings is 1. The fourth-order valence-corrected chi connectivity index (χ4v) is 4.30. The lowest BCUT2D eigenvalue weighted by Crippen LogP contribution is -2.33. The van der Waals surface area contributed by atoms with Gasteiger partial charge >= 0.3 is 6.18 Å². The summed E-state index contributed by atoms with van der Waals surface area (Å²) >= 11 is 1.16. The predicted octanol–water partition coefficient (Wildman–Crippen LogP) is 4.61. The Balaban J connectivity index is 1.73. The topological polar surface area (TPSA) is 76.9 Å². The SMILES string of the molecule is CC[C@@H](C(=O)Nc1ccccc1C(F)(F)F)n1cnc2c(sc3ncccc32)c1=O. The number of para-hydroxylation sites is 1. The number of amides is 1. The first-order chi connectivity index (χ1) is 14.3. The van der Waals surface area contributed by atoms with Crippen LogP contribution in [0.15, 0.2) is 53.7 Å². The number of pyridine rings is 1. The lowest BCUT2D eigenvalue weighted by Gasteiger charge is -2.19. The Morgan fingerprint density at radius 1 is 1.20 bits per heavy atom. The number of alkyl halides is 3. The summed E-state index contributed by atoms with van der Waals surface area (Å²) in [7, 11) is 0. The van der Waals surface area contributed by atoms with Crippen molar-refractivity contribution in [2.75, 3.05) is 5.32 Å². The number of thiophene rings is 1. The number of fused-ring (bicyclic) bond motifs is 3. The molecule has 4 aromatic rings. The van der Waals surface area contributed by atoms with E-state index in [9.17, 15) is 22.8 Å². The van der Waals surface area contributed by atoms with Crippen LogP contribution in [-0.2, 0) is 11.0 Å². The molecule has 0 radical (unpaired) electrons. The number of halogens is 3. The zero-order valence-electron chi connectivity index (χ0n) is 15.6. The summed E-state index contributed by atoms with van der Waals surface area (Å²) in [6.07, 6.45) is -1.56. The third-order valence-electron chi connectivity index (χ3n) is 4.70. The van der Waals surface area contributed by atoms with Gasteiger partial charge in [-0.25, -0.2) is 9.97 Å². The molecule has 1 N–H and O–H groups in total. The molecule has 1 atom stereocenters. The summed E-state index contributed by atoms with van der Waals surface area (Å²) in [5.74, 6) is -0.725. The highest BCUT2D eigenvalue weighted by atomic mass is 32.1. The van der Waals surface area contributed by atoms with Gasteiger partial charge in [0, 0.05) is 11.6 Å². The minimum Gasteiger partial charge on any atom is -0.324 e. The van der Waals surface area contributed by atoms with Crippen molar-refractivity contribution in [3.05, 3.63) is 64.8 Å². The Labute approximate surface area is 172 Å². The molecule has 1 amide bonds. The Kier molecular flexibility index (Phi) is 5.02. The van der Waals surface area contributed by atoms with E-state index >= 15 is 0 Å². The monoisotopic (exact) mass is 432 g/mol. The second-order valence-corrected chi connectivity index (χ2v) is 7.55. The number of carbonyl (C=O) groups is 1. The molecule has 0 fully saturated rings. The van der Waals surface area contributed by atoms with Crippen LogP contribution in [0.4, 0.5) is 18.9 Å². The van der Waals surface area contributed by atoms with Gasteiger partial charge in [-0.15, -0.1) is 11.3 Å². The molecule has 0 saturated carbocycles. The maximum atomic E-state index is 13.2. The first-order valence-corrected chi connectivity index (χ1v) is 9.84. The van der Waals surface area contributed by atoms with E-state index in [0.717, 1.165) is 27.4 Å². The first kappa shape index (κ1) is 20.0. The Hall–Kier alpha value is -3.27. The normalized spacial score (nSPS) is 12.9. The van der Waals surface area contributed by atoms with Gasteiger partial charge in [0.1, 0.15) is 15.6 Å². The minimum absolute atomic E-state index is 0.191. The van der Waals surface area contributed by atoms with Crippen molar-refractivity contribution in [2.45, 2.75) is 25.6 Å². The first-order valence-electron chi connectivity index (χ1n) is 9.02. The van der Waals surface area contributed by atoms with Crippen molar-refractivity contribution in [1.29, 1.82) is 0 Å². The fraction of sp³-hybridized carbons (Fsp3) is 0.200. The maximum absolute atomic E-state index is 13.2. The summed E-state index contributed by atoms with van der Waals surface area (Å²) in [6.45, 7) is 1.67. The zero-order chi connectivity index (χ0) is 21.5. The lowest BCUT2D eigenvalue weighted by molar-refractivity contribution is -0.137. The van der Waals surface area contributed by atoms with Crippen LogP contribution in [0.3, 0.4) is 0 Å². The van der Waals surface area contributed by atoms with Crippen LogP contribution in [-0.4, -0.2) is 20.4 Å². The standard InChI is InChI=1S/C20H15F3N4O2S/c1-2-14(17(28)26-13-8-4-3-7-12(13)20(21,22)23)27-10-25-15-11-6-5-9-24-18(11)30-16(15)19(27)29/h3-10,14H,2H2,1H3,(H,26,28)/t14-/m0/s1. The lowest BCUT2D eigenvalue weighted by atomic mass is 10.1. The van der Waals surface area contributed by atoms with Crippen molar-refractivity contribution in [3.63, 3.8) is 0 Å². The number of nitrogens with zero attached hydrogens (tertiary/aromatic N) is 3. The minimum atomic E-state index is -4.62. The smallest absolute Gasteiger partial charge is 0.324 e. The third-order valence-corrected chi connectivity index (χ3v) is 5.79. The van der Waals surface area contributed by atoms with Crippen LogP contribution >= 0.6 is 11.3 Å². The van der Waals surface area contributed by atoms with Crippen molar-refractivity contribution in [3.8, 4) is 0 Å². The summed E-state index contributed by atoms with van der Waals surface area (Å²) in [5, 5.41) is 3.05. The van der Waals surface area contributed by atoms with Crippen molar-refractivity contribution < 1.29 is 18.0 Å². The van der Waals surface area contributed by atoms with Gasteiger partial charge in [-0.2, -0.15) is 13.2 Å². The molecule has 1 aromatic carbocycles. The van der Waals surface area contributed by atoms with Gasteiger partial charge < -0.3 is 5.32 Å². The quantitative estimate of drug-likeness (QED) is 0.511. The van der Waals surface area contributed by atoms with E-state index in [1.54, 1.807) is 25.3 Å². The summed E-state index contributed by atoms with van der Waals surface area (Å²) in [4.78, 5) is 35.0. The molecule has 0 spiro atoms. The van der Waals surface area contributed by atoms with Crippen LogP contribution in [0.2, 0.25) is 0 Å². The number of anilines is 1. The van der Waals surface area contributed by atoms with Gasteiger partial charge in [0.25, 0.3) is 5.56 Å². The molecule has 30 heavy (non-hydrogen) atoms. The summed E-state index contributed by atoms with van der Waals surface area (Å²) < 4.78 is 41.2. The summed E-state index contributed by atoms with van der Waals surface area (Å²) in [6, 6.07) is 7.23. The highest BCUT2D eigenvalue weighted by Gasteiger charge is 2.34. The van der Waals surface area contributed by atoms with Gasteiger partial charge in [-0.3, -0.25) is 14.2 Å². The number of hydrogen-bond donors (Lipinski definition) is 1. The van der Waals surface area contributed by atoms with Gasteiger partial charge in [0.05, 0.1) is 23.1 Å². The average Bonchev–Trinajstić information content (AvgIpc) is 3.09. The molecular weight excluding hydrogens is 417 g/mol. The van der Waals surface area contributed by atoms with E-state index in [1.807, 2.05) is 0 Å². The van der Waals surface area contributed by atoms with Crippen molar-refractivity contribution in [2.24, 2.45) is 0 Å². The predicted molar refractivity (Wildman–Crippen MR) is 109 cm³/mol. The van der Waals surface area contributed by atoms with Crippen LogP contribution in [0, 0.1) is 0 Å². The van der Waals surface area contributed by atoms with E-state index < -0.39 is 29.2 Å². The van der Waals surface area contributed by atoms with Gasteiger partial charge in [-0.05, 0) is 30.7 Å². The molecule has 0 bridgehead atoms. The molecule has 0 aliphatic heterocycles. The molecule has 0 saturated heterocycles. The van der Waals surface area contributed by atoms with Crippen LogP contribution < -0.4 is 10.9 Å². The van der Waals surface area contributed by atoms with Crippen LogP contribution in [0.5, 0.6) is 0 Å². The van der Waals surface area contributed by atoms with Gasteiger partial charge in [-0.1, -0.05) is 19.1 Å². The van der Waals surface area contributed by atoms with E-state index in [0.29, 0.717) is 15.0 Å². The molecule has 3 heterocycles. The largest absolute Gasteiger partial charge is 0.418 e. The van der Waals surface area contributed by atoms with E-state index in [-0.39, 0.29) is 12.1 Å². The second kappa shape index (κ2) is 7.52. The van der Waals surface area contributed by atoms with Gasteiger partial charge in [0.15, 0.2) is 0 Å². The Bertz CT molecular complexity index is 1310. The van der Waals surface area contributed by atoms with Gasteiger partial charge in [0.2, 0.25) is 5.91 Å². The number of nitrogens with one attached hydrogen (secondary N) is 1. The molecular formula is C20H15F3N4O2S. The molecule has 3 aromatic heterocycles. The maximum Gasteiger partial charge on any atom is 0.418 e. The highest BCUT2D eigenvalue weighted by molar-refractivity contribution is 7.25. The second-order valence-electron chi connectivity index (χ2n) is 6.55.